The van der Waals surface area contributed by atoms with Crippen molar-refractivity contribution < 1.29 is 38.6 Å². The molecule has 0 spiro atoms. The Morgan fingerprint density at radius 2 is 0.500 bits per heavy atom. The molecule has 0 aromatic heterocycles. The summed E-state index contributed by atoms with van der Waals surface area (Å²) >= 11 is 0. The first-order valence-corrected chi connectivity index (χ1v) is 22.7. The first-order valence-electron chi connectivity index (χ1n) is 22.7. The van der Waals surface area contributed by atoms with Crippen LogP contribution in [0.3, 0.4) is 0 Å². The van der Waals surface area contributed by atoms with E-state index >= 15 is 0 Å². The normalized spacial score (nSPS) is 16.9. The molecule has 2 N–H and O–H groups in total. The zero-order valence-corrected chi connectivity index (χ0v) is 39.9. The lowest BCUT2D eigenvalue weighted by atomic mass is 9.79. The van der Waals surface area contributed by atoms with Crippen molar-refractivity contribution in [3.05, 3.63) is 115 Å². The second-order valence-corrected chi connectivity index (χ2v) is 21.4. The van der Waals surface area contributed by atoms with Gasteiger partial charge in [-0.3, -0.25) is 0 Å². The van der Waals surface area contributed by atoms with E-state index < -0.39 is 0 Å². The fourth-order valence-corrected chi connectivity index (χ4v) is 8.18. The number of fused-ring (bicyclic) bond motifs is 2. The fourth-order valence-electron chi connectivity index (χ4n) is 8.18. The van der Waals surface area contributed by atoms with Crippen molar-refractivity contribution in [2.45, 2.75) is 130 Å². The molecule has 8 nitrogen and oxygen atoms in total. The number of hydrogen-bond donors (Lipinski definition) is 2. The van der Waals surface area contributed by atoms with E-state index in [1.54, 1.807) is 0 Å². The molecular formula is C54H74O8. The first-order chi connectivity index (χ1) is 29.1. The van der Waals surface area contributed by atoms with Gasteiger partial charge in [0, 0.05) is 25.7 Å². The van der Waals surface area contributed by atoms with Gasteiger partial charge >= 0.3 is 0 Å². The summed E-state index contributed by atoms with van der Waals surface area (Å²) in [5, 5.41) is 25.0. The van der Waals surface area contributed by atoms with E-state index in [1.165, 1.54) is 0 Å². The smallest absolute Gasteiger partial charge is 0.126 e. The summed E-state index contributed by atoms with van der Waals surface area (Å²) in [6.45, 7) is 30.8. The van der Waals surface area contributed by atoms with Crippen molar-refractivity contribution in [3.8, 4) is 23.0 Å². The lowest BCUT2D eigenvalue weighted by molar-refractivity contribution is -0.00706. The largest absolute Gasteiger partial charge is 0.507 e. The third kappa shape index (κ3) is 11.9. The van der Waals surface area contributed by atoms with Crippen LogP contribution in [-0.2, 0) is 66.3 Å². The lowest BCUT2D eigenvalue weighted by Crippen LogP contribution is -2.17. The van der Waals surface area contributed by atoms with Gasteiger partial charge in [-0.05, 0) is 88.4 Å². The van der Waals surface area contributed by atoms with Crippen LogP contribution in [-0.4, -0.2) is 76.3 Å². The van der Waals surface area contributed by atoms with Crippen LogP contribution in [0.25, 0.3) is 0 Å². The van der Waals surface area contributed by atoms with Gasteiger partial charge in [-0.2, -0.15) is 0 Å². The number of benzene rings is 4. The van der Waals surface area contributed by atoms with E-state index in [9.17, 15) is 10.2 Å². The summed E-state index contributed by atoms with van der Waals surface area (Å²) in [5.74, 6) is 2.08. The average Bonchev–Trinajstić information content (AvgIpc) is 3.16. The maximum absolute atomic E-state index is 12.5. The van der Waals surface area contributed by atoms with Gasteiger partial charge in [0.2, 0.25) is 0 Å². The van der Waals surface area contributed by atoms with Crippen LogP contribution in [0.1, 0.15) is 150 Å². The molecule has 0 amide bonds. The quantitative estimate of drug-likeness (QED) is 0.159. The highest BCUT2D eigenvalue weighted by molar-refractivity contribution is 5.59. The topological polar surface area (TPSA) is 95.8 Å². The van der Waals surface area contributed by atoms with Gasteiger partial charge in [0.25, 0.3) is 0 Å². The van der Waals surface area contributed by atoms with Crippen LogP contribution < -0.4 is 9.47 Å². The van der Waals surface area contributed by atoms with Crippen LogP contribution in [0.15, 0.2) is 48.5 Å². The summed E-state index contributed by atoms with van der Waals surface area (Å²) in [5.41, 5.74) is 11.1. The van der Waals surface area contributed by atoms with Gasteiger partial charge in [-0.1, -0.05) is 132 Å². The number of ether oxygens (including phenoxy) is 6. The molecule has 10 bridgehead atoms. The molecule has 0 saturated carbocycles. The van der Waals surface area contributed by atoms with Gasteiger partial charge in [-0.15, -0.1) is 0 Å². The molecule has 4 aromatic carbocycles. The van der Waals surface area contributed by atoms with E-state index in [-0.39, 0.29) is 33.2 Å². The van der Waals surface area contributed by atoms with E-state index in [2.05, 4.69) is 132 Å². The maximum Gasteiger partial charge on any atom is 0.126 e. The Morgan fingerprint density at radius 1 is 0.306 bits per heavy atom. The molecule has 2 aliphatic rings. The minimum Gasteiger partial charge on any atom is -0.507 e. The SMILES string of the molecule is CC(C)(C)c1cc2c(O)c(c1)Cc1cc(C(C)(C)C)cc3c1OCCOCCOCCOCCOCCOc1c(cc(C(C)(C)C)cc1Cc1cc(C(C)(C)C)cc(c1O)C3)C2. The summed E-state index contributed by atoms with van der Waals surface area (Å²) in [6.07, 6.45) is 1.77. The Balaban J connectivity index is 1.67. The Morgan fingerprint density at radius 3 is 0.710 bits per heavy atom. The maximum atomic E-state index is 12.5. The number of phenols is 2. The van der Waals surface area contributed by atoms with Gasteiger partial charge in [0.15, 0.2) is 0 Å². The molecule has 0 radical (unpaired) electrons. The minimum atomic E-state index is -0.192. The molecule has 1 aliphatic heterocycles. The van der Waals surface area contributed by atoms with Crippen LogP contribution in [0.4, 0.5) is 0 Å². The van der Waals surface area contributed by atoms with Gasteiger partial charge in [0.05, 0.1) is 52.9 Å². The third-order valence-electron chi connectivity index (χ3n) is 12.1. The summed E-state index contributed by atoms with van der Waals surface area (Å²) in [7, 11) is 0. The molecule has 6 rings (SSSR count). The van der Waals surface area contributed by atoms with E-state index in [1.807, 2.05) is 0 Å². The second kappa shape index (κ2) is 19.3. The van der Waals surface area contributed by atoms with Crippen LogP contribution >= 0.6 is 0 Å². The van der Waals surface area contributed by atoms with Crippen molar-refractivity contribution in [2.24, 2.45) is 0 Å². The Kier molecular flexibility index (Phi) is 14.8. The van der Waals surface area contributed by atoms with E-state index in [4.69, 9.17) is 28.4 Å². The molecule has 8 heteroatoms. The highest BCUT2D eigenvalue weighted by atomic mass is 16.6. The summed E-state index contributed by atoms with van der Waals surface area (Å²) < 4.78 is 37.2. The van der Waals surface area contributed by atoms with Crippen LogP contribution in [0, 0.1) is 0 Å². The minimum absolute atomic E-state index is 0.188. The molecule has 0 saturated heterocycles. The first kappa shape index (κ1) is 47.4. The molecule has 1 aliphatic carbocycles. The fraction of sp³-hybridized carbons (Fsp3) is 0.556. The van der Waals surface area contributed by atoms with Gasteiger partial charge in [-0.25, -0.2) is 0 Å². The predicted molar refractivity (Wildman–Crippen MR) is 249 cm³/mol. The van der Waals surface area contributed by atoms with Gasteiger partial charge < -0.3 is 38.6 Å². The van der Waals surface area contributed by atoms with E-state index in [0.29, 0.717) is 91.8 Å². The predicted octanol–water partition coefficient (Wildman–Crippen LogP) is 10.8. The molecule has 0 fully saturated rings. The highest BCUT2D eigenvalue weighted by Crippen LogP contribution is 2.43. The van der Waals surface area contributed by atoms with Crippen molar-refractivity contribution in [1.82, 2.24) is 0 Å². The summed E-state index contributed by atoms with van der Waals surface area (Å²) in [6, 6.07) is 17.7. The summed E-state index contributed by atoms with van der Waals surface area (Å²) in [4.78, 5) is 0. The monoisotopic (exact) mass is 851 g/mol. The van der Waals surface area contributed by atoms with Crippen LogP contribution in [0.2, 0.25) is 0 Å². The van der Waals surface area contributed by atoms with Crippen LogP contribution in [0.5, 0.6) is 23.0 Å². The standard InChI is InChI=1S/C54H74O8/c1-51(2,3)43-27-35-23-39-31-45(53(7,8)9)33-41-25-37-29-44(52(4,5)6)30-38(48(37)56)26-42-34-46(54(10,11)12)32-40(24-36(28-43)47(35)55)50(42)62-22-20-60-18-16-58-14-13-57-15-17-59-19-21-61-49(39)41/h27-34,55-56H,13-26H2,1-12H3. The molecule has 338 valence electrons. The third-order valence-corrected chi connectivity index (χ3v) is 12.1. The molecule has 1 heterocycles. The highest BCUT2D eigenvalue weighted by Gasteiger charge is 2.28. The molecule has 0 atom stereocenters. The molecule has 4 aromatic rings. The number of hydrogen-bond acceptors (Lipinski definition) is 8. The number of rotatable bonds is 0. The molecule has 62 heavy (non-hydrogen) atoms. The van der Waals surface area contributed by atoms with Crippen molar-refractivity contribution in [3.63, 3.8) is 0 Å². The second-order valence-electron chi connectivity index (χ2n) is 21.4. The van der Waals surface area contributed by atoms with Crippen molar-refractivity contribution >= 4 is 0 Å². The van der Waals surface area contributed by atoms with Gasteiger partial charge in [0.1, 0.15) is 36.2 Å². The Bertz CT molecular complexity index is 1920. The average molecular weight is 851 g/mol. The number of phenolic OH excluding ortho intramolecular Hbond substituents is 2. The molecule has 0 unspecified atom stereocenters. The Labute approximate surface area is 372 Å². The van der Waals surface area contributed by atoms with E-state index in [0.717, 1.165) is 78.3 Å². The van der Waals surface area contributed by atoms with Crippen molar-refractivity contribution in [1.29, 1.82) is 0 Å². The Hall–Kier alpha value is -4.08. The van der Waals surface area contributed by atoms with Crippen molar-refractivity contribution in [2.75, 3.05) is 66.1 Å². The zero-order valence-electron chi connectivity index (χ0n) is 39.9. The number of aromatic hydroxyl groups is 2. The zero-order chi connectivity index (χ0) is 45.0. The lowest BCUT2D eigenvalue weighted by Gasteiger charge is -2.28. The molecular weight excluding hydrogens is 777 g/mol.